The number of para-hydroxylation sites is 1. The predicted molar refractivity (Wildman–Crippen MR) is 85.3 cm³/mol. The van der Waals surface area contributed by atoms with Crippen molar-refractivity contribution in [2.45, 2.75) is 17.7 Å². The number of sulfonamides is 1. The number of aryl methyl sites for hydroxylation is 1. The number of carbonyl (C=O) groups is 1. The number of benzene rings is 2. The minimum Gasteiger partial charge on any atom is -0.315 e. The van der Waals surface area contributed by atoms with Crippen LogP contribution in [-0.2, 0) is 21.2 Å². The zero-order chi connectivity index (χ0) is 17.5. The van der Waals surface area contributed by atoms with Crippen molar-refractivity contribution in [1.82, 2.24) is 0 Å². The molecule has 8 heteroatoms. The molecule has 0 radical (unpaired) electrons. The molecule has 1 N–H and O–H groups in total. The van der Waals surface area contributed by atoms with E-state index in [4.69, 9.17) is 0 Å². The lowest BCUT2D eigenvalue weighted by molar-refractivity contribution is -0.118. The average molecular weight is 352 g/mol. The normalized spacial score (nSPS) is 14.5. The fourth-order valence-corrected chi connectivity index (χ4v) is 3.71. The zero-order valence-electron chi connectivity index (χ0n) is 12.7. The smallest absolute Gasteiger partial charge is 0.262 e. The standard InChI is InChI=1S/C16H14F2N2O3S/c1-20-14-7-6-11(9-10(14)5-8-15(20)21)24(22,23)19-16-12(17)3-2-4-13(16)18/h2-4,6-7,9,19H,5,8H2,1H3. The molecule has 0 aromatic heterocycles. The third kappa shape index (κ3) is 2.84. The second-order valence-corrected chi connectivity index (χ2v) is 7.13. The van der Waals surface area contributed by atoms with Gasteiger partial charge >= 0.3 is 0 Å². The lowest BCUT2D eigenvalue weighted by Gasteiger charge is -2.26. The molecule has 1 aliphatic rings. The number of fused-ring (bicyclic) bond motifs is 1. The van der Waals surface area contributed by atoms with Crippen LogP contribution in [0.5, 0.6) is 0 Å². The summed E-state index contributed by atoms with van der Waals surface area (Å²) in [5, 5.41) is 0. The van der Waals surface area contributed by atoms with Gasteiger partial charge in [-0.15, -0.1) is 0 Å². The Bertz CT molecular complexity index is 909. The van der Waals surface area contributed by atoms with Crippen LogP contribution in [0.15, 0.2) is 41.3 Å². The van der Waals surface area contributed by atoms with Gasteiger partial charge in [-0.2, -0.15) is 0 Å². The molecule has 126 valence electrons. The van der Waals surface area contributed by atoms with E-state index in [0.29, 0.717) is 17.7 Å². The first-order chi connectivity index (χ1) is 11.3. The van der Waals surface area contributed by atoms with E-state index >= 15 is 0 Å². The number of nitrogens with zero attached hydrogens (tertiary/aromatic N) is 1. The maximum atomic E-state index is 13.7. The molecular formula is C16H14F2N2O3S. The first kappa shape index (κ1) is 16.4. The molecule has 1 heterocycles. The van der Waals surface area contributed by atoms with E-state index in [-0.39, 0.29) is 17.2 Å². The minimum atomic E-state index is -4.16. The topological polar surface area (TPSA) is 66.5 Å². The molecule has 0 saturated carbocycles. The van der Waals surface area contributed by atoms with Gasteiger partial charge in [0, 0.05) is 19.2 Å². The summed E-state index contributed by atoms with van der Waals surface area (Å²) in [6.07, 6.45) is 0.693. The molecule has 3 rings (SSSR count). The summed E-state index contributed by atoms with van der Waals surface area (Å²) in [4.78, 5) is 13.0. The van der Waals surface area contributed by atoms with Crippen molar-refractivity contribution in [1.29, 1.82) is 0 Å². The number of rotatable bonds is 3. The largest absolute Gasteiger partial charge is 0.315 e. The second-order valence-electron chi connectivity index (χ2n) is 5.45. The molecule has 0 aliphatic carbocycles. The maximum Gasteiger partial charge on any atom is 0.262 e. The number of nitrogens with one attached hydrogen (secondary N) is 1. The fraction of sp³-hybridized carbons (Fsp3) is 0.188. The Morgan fingerprint density at radius 3 is 2.42 bits per heavy atom. The highest BCUT2D eigenvalue weighted by Crippen LogP contribution is 2.30. The van der Waals surface area contributed by atoms with Crippen LogP contribution in [0.3, 0.4) is 0 Å². The van der Waals surface area contributed by atoms with Gasteiger partial charge in [0.2, 0.25) is 5.91 Å². The summed E-state index contributed by atoms with van der Waals surface area (Å²) in [5.74, 6) is -2.05. The van der Waals surface area contributed by atoms with Crippen LogP contribution < -0.4 is 9.62 Å². The monoisotopic (exact) mass is 352 g/mol. The van der Waals surface area contributed by atoms with Crippen LogP contribution in [0.4, 0.5) is 20.2 Å². The molecule has 0 fully saturated rings. The molecule has 0 bridgehead atoms. The van der Waals surface area contributed by atoms with Crippen molar-refractivity contribution in [2.75, 3.05) is 16.7 Å². The summed E-state index contributed by atoms with van der Waals surface area (Å²) in [5.41, 5.74) is 0.596. The lowest BCUT2D eigenvalue weighted by Crippen LogP contribution is -2.31. The molecule has 0 unspecified atom stereocenters. The van der Waals surface area contributed by atoms with Crippen molar-refractivity contribution in [3.05, 3.63) is 53.6 Å². The Morgan fingerprint density at radius 1 is 1.08 bits per heavy atom. The Balaban J connectivity index is 1.98. The number of amides is 1. The Labute approximate surface area is 138 Å². The molecular weight excluding hydrogens is 338 g/mol. The summed E-state index contributed by atoms with van der Waals surface area (Å²) < 4.78 is 54.1. The molecule has 2 aromatic carbocycles. The average Bonchev–Trinajstić information content (AvgIpc) is 2.54. The van der Waals surface area contributed by atoms with Gasteiger partial charge in [-0.1, -0.05) is 6.07 Å². The first-order valence-corrected chi connectivity index (χ1v) is 8.64. The van der Waals surface area contributed by atoms with Gasteiger partial charge in [0.1, 0.15) is 17.3 Å². The molecule has 24 heavy (non-hydrogen) atoms. The Kier molecular flexibility index (Phi) is 4.00. The highest BCUT2D eigenvalue weighted by molar-refractivity contribution is 7.92. The van der Waals surface area contributed by atoms with E-state index < -0.39 is 27.3 Å². The van der Waals surface area contributed by atoms with Crippen LogP contribution in [0.1, 0.15) is 12.0 Å². The van der Waals surface area contributed by atoms with Crippen LogP contribution in [0.2, 0.25) is 0 Å². The van der Waals surface area contributed by atoms with E-state index in [2.05, 4.69) is 0 Å². The fourth-order valence-electron chi connectivity index (χ4n) is 2.59. The highest BCUT2D eigenvalue weighted by atomic mass is 32.2. The van der Waals surface area contributed by atoms with Crippen LogP contribution in [-0.4, -0.2) is 21.4 Å². The van der Waals surface area contributed by atoms with E-state index in [1.165, 1.54) is 23.1 Å². The van der Waals surface area contributed by atoms with Crippen LogP contribution >= 0.6 is 0 Å². The van der Waals surface area contributed by atoms with E-state index in [1.807, 2.05) is 4.72 Å². The Morgan fingerprint density at radius 2 is 1.75 bits per heavy atom. The molecule has 1 aliphatic heterocycles. The van der Waals surface area contributed by atoms with Crippen LogP contribution in [0.25, 0.3) is 0 Å². The summed E-state index contributed by atoms with van der Waals surface area (Å²) in [6, 6.07) is 7.31. The van der Waals surface area contributed by atoms with Crippen molar-refractivity contribution >= 4 is 27.3 Å². The van der Waals surface area contributed by atoms with Gasteiger partial charge in [-0.05, 0) is 42.3 Å². The van der Waals surface area contributed by atoms with Gasteiger partial charge < -0.3 is 4.90 Å². The number of hydrogen-bond donors (Lipinski definition) is 1. The summed E-state index contributed by atoms with van der Waals surface area (Å²) in [7, 11) is -2.54. The quantitative estimate of drug-likeness (QED) is 0.924. The third-order valence-electron chi connectivity index (χ3n) is 3.90. The van der Waals surface area contributed by atoms with Gasteiger partial charge in [0.15, 0.2) is 0 Å². The SMILES string of the molecule is CN1C(=O)CCc2cc(S(=O)(=O)Nc3c(F)cccc3F)ccc21. The summed E-state index contributed by atoms with van der Waals surface area (Å²) >= 11 is 0. The second kappa shape index (κ2) is 5.86. The molecule has 0 spiro atoms. The molecule has 0 atom stereocenters. The van der Waals surface area contributed by atoms with E-state index in [9.17, 15) is 22.0 Å². The first-order valence-electron chi connectivity index (χ1n) is 7.16. The molecule has 2 aromatic rings. The van der Waals surface area contributed by atoms with Crippen LogP contribution in [0, 0.1) is 11.6 Å². The van der Waals surface area contributed by atoms with Crippen molar-refractivity contribution in [3.63, 3.8) is 0 Å². The lowest BCUT2D eigenvalue weighted by atomic mass is 10.0. The Hall–Kier alpha value is -2.48. The predicted octanol–water partition coefficient (Wildman–Crippen LogP) is 2.67. The van der Waals surface area contributed by atoms with Gasteiger partial charge in [-0.3, -0.25) is 9.52 Å². The highest BCUT2D eigenvalue weighted by Gasteiger charge is 2.24. The maximum absolute atomic E-state index is 13.7. The van der Waals surface area contributed by atoms with Gasteiger partial charge in [-0.25, -0.2) is 17.2 Å². The molecule has 0 saturated heterocycles. The van der Waals surface area contributed by atoms with Gasteiger partial charge in [0.25, 0.3) is 10.0 Å². The number of anilines is 2. The third-order valence-corrected chi connectivity index (χ3v) is 5.25. The van der Waals surface area contributed by atoms with E-state index in [1.54, 1.807) is 7.05 Å². The molecule has 1 amide bonds. The van der Waals surface area contributed by atoms with E-state index in [0.717, 1.165) is 18.2 Å². The molecule has 5 nitrogen and oxygen atoms in total. The number of hydrogen-bond acceptors (Lipinski definition) is 3. The zero-order valence-corrected chi connectivity index (χ0v) is 13.5. The van der Waals surface area contributed by atoms with Crippen molar-refractivity contribution in [3.8, 4) is 0 Å². The summed E-state index contributed by atoms with van der Waals surface area (Å²) in [6.45, 7) is 0. The van der Waals surface area contributed by atoms with Crippen molar-refractivity contribution in [2.24, 2.45) is 0 Å². The number of halogens is 2. The minimum absolute atomic E-state index is 0.0512. The van der Waals surface area contributed by atoms with Gasteiger partial charge in [0.05, 0.1) is 4.90 Å². The van der Waals surface area contributed by atoms with Crippen molar-refractivity contribution < 1.29 is 22.0 Å². The number of carbonyl (C=O) groups excluding carboxylic acids is 1.